The highest BCUT2D eigenvalue weighted by Crippen LogP contribution is 2.24. The first-order valence-electron chi connectivity index (χ1n) is 5.76. The number of aromatic nitrogens is 1. The summed E-state index contributed by atoms with van der Waals surface area (Å²) < 4.78 is 0.961. The van der Waals surface area contributed by atoms with Crippen LogP contribution in [-0.4, -0.2) is 4.98 Å². The van der Waals surface area contributed by atoms with Crippen LogP contribution in [0.4, 0.5) is 0 Å². The van der Waals surface area contributed by atoms with E-state index in [0.29, 0.717) is 0 Å². The minimum atomic E-state index is -0.0852. The summed E-state index contributed by atoms with van der Waals surface area (Å²) in [4.78, 5) is 4.41. The van der Waals surface area contributed by atoms with Crippen LogP contribution in [0.5, 0.6) is 0 Å². The lowest BCUT2D eigenvalue weighted by molar-refractivity contribution is 0.617. The number of halogens is 1. The molecular weight excluding hydrogens is 290 g/mol. The van der Waals surface area contributed by atoms with Crippen molar-refractivity contribution in [3.05, 3.63) is 63.4 Å². The molecule has 1 aromatic heterocycles. The van der Waals surface area contributed by atoms with Gasteiger partial charge in [0.05, 0.1) is 11.7 Å². The molecule has 3 nitrogen and oxygen atoms in total. The maximum atomic E-state index is 5.69. The van der Waals surface area contributed by atoms with Gasteiger partial charge in [0.25, 0.3) is 0 Å². The number of hydrogen-bond acceptors (Lipinski definition) is 3. The second-order valence-electron chi connectivity index (χ2n) is 4.36. The van der Waals surface area contributed by atoms with E-state index in [1.807, 2.05) is 12.1 Å². The lowest BCUT2D eigenvalue weighted by Crippen LogP contribution is -2.30. The van der Waals surface area contributed by atoms with Gasteiger partial charge in [-0.3, -0.25) is 10.8 Å². The van der Waals surface area contributed by atoms with Gasteiger partial charge in [-0.2, -0.15) is 0 Å². The van der Waals surface area contributed by atoms with Crippen molar-refractivity contribution in [1.82, 2.24) is 10.4 Å². The first kappa shape index (κ1) is 13.2. The standard InChI is InChI=1S/C14H16BrN3/c1-9-3-4-10(2)12(7-9)14(18-16)13-6-5-11(15)8-17-13/h3-8,14,18H,16H2,1-2H3. The normalized spacial score (nSPS) is 12.4. The second-order valence-corrected chi connectivity index (χ2v) is 5.28. The van der Waals surface area contributed by atoms with Gasteiger partial charge in [-0.05, 0) is 53.0 Å². The molecule has 2 rings (SSSR count). The third-order valence-electron chi connectivity index (χ3n) is 2.96. The topological polar surface area (TPSA) is 50.9 Å². The SMILES string of the molecule is Cc1ccc(C)c(C(NN)c2ccc(Br)cn2)c1. The van der Waals surface area contributed by atoms with Gasteiger partial charge >= 0.3 is 0 Å². The molecule has 0 saturated heterocycles. The minimum absolute atomic E-state index is 0.0852. The molecule has 0 aliphatic heterocycles. The number of aryl methyl sites for hydroxylation is 2. The summed E-state index contributed by atoms with van der Waals surface area (Å²) in [5.41, 5.74) is 7.33. The van der Waals surface area contributed by atoms with E-state index in [-0.39, 0.29) is 6.04 Å². The van der Waals surface area contributed by atoms with Crippen LogP contribution in [0.15, 0.2) is 41.0 Å². The molecule has 1 unspecified atom stereocenters. The zero-order valence-corrected chi connectivity index (χ0v) is 12.0. The van der Waals surface area contributed by atoms with Crippen LogP contribution in [0.1, 0.15) is 28.4 Å². The molecule has 0 amide bonds. The summed E-state index contributed by atoms with van der Waals surface area (Å²) in [7, 11) is 0. The van der Waals surface area contributed by atoms with Crippen LogP contribution >= 0.6 is 15.9 Å². The smallest absolute Gasteiger partial charge is 0.0884 e. The molecule has 0 aliphatic carbocycles. The van der Waals surface area contributed by atoms with Crippen molar-refractivity contribution in [3.63, 3.8) is 0 Å². The second kappa shape index (κ2) is 5.61. The average molecular weight is 306 g/mol. The Balaban J connectivity index is 2.44. The predicted molar refractivity (Wildman–Crippen MR) is 77.0 cm³/mol. The van der Waals surface area contributed by atoms with E-state index in [1.54, 1.807) is 6.20 Å². The molecule has 0 fully saturated rings. The maximum Gasteiger partial charge on any atom is 0.0884 e. The lowest BCUT2D eigenvalue weighted by atomic mass is 9.97. The number of rotatable bonds is 3. The van der Waals surface area contributed by atoms with Gasteiger partial charge < -0.3 is 0 Å². The van der Waals surface area contributed by atoms with E-state index < -0.39 is 0 Å². The Morgan fingerprint density at radius 1 is 1.22 bits per heavy atom. The molecular formula is C14H16BrN3. The maximum absolute atomic E-state index is 5.69. The first-order chi connectivity index (χ1) is 8.61. The Kier molecular flexibility index (Phi) is 4.11. The Hall–Kier alpha value is -1.23. The molecule has 0 radical (unpaired) electrons. The number of hydrogen-bond donors (Lipinski definition) is 2. The average Bonchev–Trinajstić information content (AvgIpc) is 2.37. The number of pyridine rings is 1. The highest BCUT2D eigenvalue weighted by Gasteiger charge is 2.15. The summed E-state index contributed by atoms with van der Waals surface area (Å²) in [6.45, 7) is 4.16. The number of nitrogens with two attached hydrogens (primary N) is 1. The van der Waals surface area contributed by atoms with Crippen LogP contribution in [0.3, 0.4) is 0 Å². The van der Waals surface area contributed by atoms with Crippen molar-refractivity contribution in [3.8, 4) is 0 Å². The third kappa shape index (κ3) is 2.77. The highest BCUT2D eigenvalue weighted by molar-refractivity contribution is 9.10. The van der Waals surface area contributed by atoms with Crippen molar-refractivity contribution >= 4 is 15.9 Å². The molecule has 0 saturated carbocycles. The van der Waals surface area contributed by atoms with Gasteiger partial charge in [0.1, 0.15) is 0 Å². The van der Waals surface area contributed by atoms with Gasteiger partial charge in [0.2, 0.25) is 0 Å². The van der Waals surface area contributed by atoms with Crippen LogP contribution in [0.2, 0.25) is 0 Å². The first-order valence-corrected chi connectivity index (χ1v) is 6.56. The molecule has 2 aromatic rings. The van der Waals surface area contributed by atoms with Crippen molar-refractivity contribution in [2.75, 3.05) is 0 Å². The van der Waals surface area contributed by atoms with Crippen LogP contribution in [0, 0.1) is 13.8 Å². The number of nitrogens with one attached hydrogen (secondary N) is 1. The zero-order valence-electron chi connectivity index (χ0n) is 10.4. The Morgan fingerprint density at radius 3 is 2.61 bits per heavy atom. The number of hydrazine groups is 1. The van der Waals surface area contributed by atoms with Crippen molar-refractivity contribution in [2.24, 2.45) is 5.84 Å². The molecule has 4 heteroatoms. The summed E-state index contributed by atoms with van der Waals surface area (Å²) in [5.74, 6) is 5.69. The monoisotopic (exact) mass is 305 g/mol. The van der Waals surface area contributed by atoms with E-state index in [0.717, 1.165) is 15.7 Å². The van der Waals surface area contributed by atoms with E-state index in [9.17, 15) is 0 Å². The molecule has 1 heterocycles. The van der Waals surface area contributed by atoms with Gasteiger partial charge in [-0.1, -0.05) is 23.8 Å². The Labute approximate surface area is 116 Å². The fourth-order valence-corrected chi connectivity index (χ4v) is 2.20. The fourth-order valence-electron chi connectivity index (χ4n) is 1.96. The van der Waals surface area contributed by atoms with Gasteiger partial charge in [0.15, 0.2) is 0 Å². The highest BCUT2D eigenvalue weighted by atomic mass is 79.9. The van der Waals surface area contributed by atoms with Gasteiger partial charge in [-0.15, -0.1) is 0 Å². The zero-order chi connectivity index (χ0) is 13.1. The summed E-state index contributed by atoms with van der Waals surface area (Å²) in [6, 6.07) is 10.2. The minimum Gasteiger partial charge on any atom is -0.271 e. The van der Waals surface area contributed by atoms with Gasteiger partial charge in [-0.25, -0.2) is 5.43 Å². The molecule has 1 atom stereocenters. The van der Waals surface area contributed by atoms with Crippen molar-refractivity contribution < 1.29 is 0 Å². The molecule has 0 aliphatic rings. The largest absolute Gasteiger partial charge is 0.271 e. The fraction of sp³-hybridized carbons (Fsp3) is 0.214. The lowest BCUT2D eigenvalue weighted by Gasteiger charge is -2.18. The summed E-state index contributed by atoms with van der Waals surface area (Å²) in [5, 5.41) is 0. The van der Waals surface area contributed by atoms with E-state index in [1.165, 1.54) is 11.1 Å². The van der Waals surface area contributed by atoms with Crippen LogP contribution in [0.25, 0.3) is 0 Å². The summed E-state index contributed by atoms with van der Waals surface area (Å²) in [6.07, 6.45) is 1.78. The molecule has 3 N–H and O–H groups in total. The predicted octanol–water partition coefficient (Wildman–Crippen LogP) is 3.01. The van der Waals surface area contributed by atoms with Crippen LogP contribution in [-0.2, 0) is 0 Å². The number of benzene rings is 1. The van der Waals surface area contributed by atoms with E-state index in [4.69, 9.17) is 5.84 Å². The molecule has 0 bridgehead atoms. The Morgan fingerprint density at radius 2 is 2.00 bits per heavy atom. The van der Waals surface area contributed by atoms with E-state index in [2.05, 4.69) is 58.4 Å². The van der Waals surface area contributed by atoms with Crippen molar-refractivity contribution in [2.45, 2.75) is 19.9 Å². The van der Waals surface area contributed by atoms with Gasteiger partial charge in [0, 0.05) is 10.7 Å². The Bertz CT molecular complexity index is 537. The molecule has 94 valence electrons. The van der Waals surface area contributed by atoms with E-state index >= 15 is 0 Å². The molecule has 0 spiro atoms. The molecule has 18 heavy (non-hydrogen) atoms. The number of nitrogens with zero attached hydrogens (tertiary/aromatic N) is 1. The quantitative estimate of drug-likeness (QED) is 0.677. The van der Waals surface area contributed by atoms with Crippen LogP contribution < -0.4 is 11.3 Å². The van der Waals surface area contributed by atoms with Crippen molar-refractivity contribution in [1.29, 1.82) is 0 Å². The molecule has 1 aromatic carbocycles. The third-order valence-corrected chi connectivity index (χ3v) is 3.43. The summed E-state index contributed by atoms with van der Waals surface area (Å²) >= 11 is 3.38.